The number of nitrogens with zero attached hydrogens (tertiary/aromatic N) is 3. The van der Waals surface area contributed by atoms with Crippen LogP contribution in [0.25, 0.3) is 0 Å². The van der Waals surface area contributed by atoms with Gasteiger partial charge in [0.15, 0.2) is 6.10 Å². The number of carbonyl (C=O) groups is 1. The van der Waals surface area contributed by atoms with Gasteiger partial charge in [-0.05, 0) is 25.0 Å². The lowest BCUT2D eigenvalue weighted by atomic mass is 9.98. The van der Waals surface area contributed by atoms with E-state index in [9.17, 15) is 13.6 Å². The van der Waals surface area contributed by atoms with Crippen LogP contribution >= 0.6 is 11.3 Å². The molecule has 3 heterocycles. The van der Waals surface area contributed by atoms with Crippen molar-refractivity contribution in [3.63, 3.8) is 0 Å². The smallest absolute Gasteiger partial charge is 0.407 e. The fraction of sp³-hybridized carbons (Fsp3) is 0.389. The van der Waals surface area contributed by atoms with Gasteiger partial charge in [0.1, 0.15) is 17.3 Å². The van der Waals surface area contributed by atoms with Crippen molar-refractivity contribution in [1.29, 1.82) is 0 Å². The quantitative estimate of drug-likeness (QED) is 0.754. The molecule has 0 bridgehead atoms. The summed E-state index contributed by atoms with van der Waals surface area (Å²) >= 11 is 1.48. The van der Waals surface area contributed by atoms with E-state index >= 15 is 0 Å². The lowest BCUT2D eigenvalue weighted by molar-refractivity contribution is 0.0800. The lowest BCUT2D eigenvalue weighted by Gasteiger charge is -2.28. The number of carboxylic acid groups (broad SMARTS) is 1. The summed E-state index contributed by atoms with van der Waals surface area (Å²) in [5, 5.41) is 15.8. The lowest BCUT2D eigenvalue weighted by Crippen LogP contribution is -2.36. The summed E-state index contributed by atoms with van der Waals surface area (Å²) in [6.07, 6.45) is -0.124. The van der Waals surface area contributed by atoms with E-state index in [1.807, 2.05) is 5.38 Å². The Hall–Kier alpha value is -2.75. The number of anilines is 1. The first-order valence-electron chi connectivity index (χ1n) is 8.83. The van der Waals surface area contributed by atoms with Crippen LogP contribution in [0.4, 0.5) is 19.3 Å². The number of rotatable bonds is 3. The molecule has 0 saturated carbocycles. The number of nitrogen functional groups attached to an aromatic ring is 1. The van der Waals surface area contributed by atoms with Crippen molar-refractivity contribution in [3.05, 3.63) is 45.4 Å². The number of likely N-dealkylation sites (tertiary alicyclic amines) is 1. The monoisotopic (exact) mass is 408 g/mol. The van der Waals surface area contributed by atoms with Crippen molar-refractivity contribution < 1.29 is 23.5 Å². The second-order valence-electron chi connectivity index (χ2n) is 6.85. The predicted molar refractivity (Wildman–Crippen MR) is 99.4 cm³/mol. The fourth-order valence-electron chi connectivity index (χ4n) is 3.52. The molecule has 3 N–H and O–H groups in total. The Morgan fingerprint density at radius 3 is 2.61 bits per heavy atom. The van der Waals surface area contributed by atoms with Crippen LogP contribution in [0.15, 0.2) is 22.7 Å². The molecule has 1 aromatic carbocycles. The Morgan fingerprint density at radius 1 is 1.29 bits per heavy atom. The van der Waals surface area contributed by atoms with Gasteiger partial charge in [-0.2, -0.15) is 0 Å². The molecule has 2 aliphatic heterocycles. The molecule has 2 aliphatic rings. The van der Waals surface area contributed by atoms with E-state index in [2.05, 4.69) is 10.1 Å². The highest BCUT2D eigenvalue weighted by Crippen LogP contribution is 2.35. The summed E-state index contributed by atoms with van der Waals surface area (Å²) in [7, 11) is 0. The first kappa shape index (κ1) is 18.6. The van der Waals surface area contributed by atoms with E-state index in [-0.39, 0.29) is 23.6 Å². The Kier molecular flexibility index (Phi) is 4.88. The Morgan fingerprint density at radius 2 is 1.96 bits per heavy atom. The van der Waals surface area contributed by atoms with Crippen LogP contribution in [0.2, 0.25) is 0 Å². The molecular weight excluding hydrogens is 390 g/mol. The molecule has 7 nitrogen and oxygen atoms in total. The van der Waals surface area contributed by atoms with Gasteiger partial charge in [0.2, 0.25) is 0 Å². The third-order valence-corrected chi connectivity index (χ3v) is 6.03. The van der Waals surface area contributed by atoms with E-state index < -0.39 is 23.8 Å². The minimum absolute atomic E-state index is 0.0102. The number of nitrogens with two attached hydrogens (primary N) is 1. The van der Waals surface area contributed by atoms with Crippen molar-refractivity contribution in [2.45, 2.75) is 31.3 Å². The van der Waals surface area contributed by atoms with E-state index in [1.165, 1.54) is 16.2 Å². The first-order valence-corrected chi connectivity index (χ1v) is 9.71. The maximum absolute atomic E-state index is 14.1. The Bertz CT molecular complexity index is 918. The molecule has 0 aliphatic carbocycles. The molecule has 4 rings (SSSR count). The van der Waals surface area contributed by atoms with Gasteiger partial charge < -0.3 is 20.6 Å². The SMILES string of the molecule is Nc1cc(F)c(C2CC(c3csc(C4CCN(C(=O)O)CC4)n3)=NO2)c(F)c1. The number of piperidine rings is 1. The maximum atomic E-state index is 14.1. The van der Waals surface area contributed by atoms with Crippen molar-refractivity contribution in [3.8, 4) is 0 Å². The average molecular weight is 408 g/mol. The summed E-state index contributed by atoms with van der Waals surface area (Å²) in [5.41, 5.74) is 6.43. The molecule has 1 fully saturated rings. The highest BCUT2D eigenvalue weighted by Gasteiger charge is 2.31. The number of halogens is 2. The number of hydrogen-bond acceptors (Lipinski definition) is 6. The zero-order valence-corrected chi connectivity index (χ0v) is 15.6. The molecule has 1 amide bonds. The van der Waals surface area contributed by atoms with E-state index in [1.54, 1.807) is 0 Å². The zero-order chi connectivity index (χ0) is 19.8. The molecule has 0 spiro atoms. The van der Waals surface area contributed by atoms with Gasteiger partial charge >= 0.3 is 6.09 Å². The normalized spacial score (nSPS) is 20.1. The number of hydrogen-bond donors (Lipinski definition) is 2. The molecule has 0 radical (unpaired) electrons. The average Bonchev–Trinajstić information content (AvgIpc) is 3.30. The maximum Gasteiger partial charge on any atom is 0.407 e. The number of aromatic nitrogens is 1. The zero-order valence-electron chi connectivity index (χ0n) is 14.8. The van der Waals surface area contributed by atoms with E-state index in [0.717, 1.165) is 17.1 Å². The van der Waals surface area contributed by atoms with Crippen LogP contribution in [0, 0.1) is 11.6 Å². The van der Waals surface area contributed by atoms with Crippen LogP contribution in [0.3, 0.4) is 0 Å². The topological polar surface area (TPSA) is 101 Å². The van der Waals surface area contributed by atoms with Crippen LogP contribution in [0.5, 0.6) is 0 Å². The summed E-state index contributed by atoms with van der Waals surface area (Å²) in [6, 6.07) is 2.12. The Labute approximate surface area is 163 Å². The van der Waals surface area contributed by atoms with Crippen molar-refractivity contribution in [1.82, 2.24) is 9.88 Å². The van der Waals surface area contributed by atoms with Gasteiger partial charge in [-0.15, -0.1) is 11.3 Å². The van der Waals surface area contributed by atoms with Gasteiger partial charge in [0.25, 0.3) is 0 Å². The van der Waals surface area contributed by atoms with E-state index in [0.29, 0.717) is 37.3 Å². The molecule has 1 saturated heterocycles. The molecule has 148 valence electrons. The van der Waals surface area contributed by atoms with Crippen molar-refractivity contribution >= 4 is 28.8 Å². The van der Waals surface area contributed by atoms with Crippen LogP contribution in [0.1, 0.15) is 47.5 Å². The molecule has 28 heavy (non-hydrogen) atoms. The molecule has 10 heteroatoms. The molecular formula is C18H18F2N4O3S. The summed E-state index contributed by atoms with van der Waals surface area (Å²) in [4.78, 5) is 22.3. The number of oxime groups is 1. The van der Waals surface area contributed by atoms with Crippen LogP contribution in [-0.4, -0.2) is 39.9 Å². The fourth-order valence-corrected chi connectivity index (χ4v) is 4.52. The summed E-state index contributed by atoms with van der Waals surface area (Å²) in [5.74, 6) is -1.33. The van der Waals surface area contributed by atoms with Crippen molar-refractivity contribution in [2.75, 3.05) is 18.8 Å². The van der Waals surface area contributed by atoms with Gasteiger partial charge in [-0.25, -0.2) is 18.6 Å². The number of amides is 1. The molecule has 1 aromatic heterocycles. The van der Waals surface area contributed by atoms with Crippen LogP contribution < -0.4 is 5.73 Å². The van der Waals surface area contributed by atoms with Crippen molar-refractivity contribution in [2.24, 2.45) is 5.16 Å². The minimum atomic E-state index is -0.899. The highest BCUT2D eigenvalue weighted by molar-refractivity contribution is 7.10. The second kappa shape index (κ2) is 7.34. The first-order chi connectivity index (χ1) is 13.4. The van der Waals surface area contributed by atoms with E-state index in [4.69, 9.17) is 15.7 Å². The number of benzene rings is 1. The standard InChI is InChI=1S/C18H18F2N4O3S/c19-11-5-10(21)6-12(20)16(11)15-7-13(23-27-15)14-8-28-17(22-14)9-1-3-24(4-2-9)18(25)26/h5-6,8-9,15H,1-4,7,21H2,(H,25,26). The summed E-state index contributed by atoms with van der Waals surface area (Å²) in [6.45, 7) is 0.966. The third kappa shape index (κ3) is 3.51. The van der Waals surface area contributed by atoms with Gasteiger partial charge in [-0.3, -0.25) is 0 Å². The predicted octanol–water partition coefficient (Wildman–Crippen LogP) is 3.73. The third-order valence-electron chi connectivity index (χ3n) is 5.02. The molecule has 1 atom stereocenters. The number of thiazole rings is 1. The van der Waals surface area contributed by atoms with Gasteiger partial charge in [0.05, 0.1) is 16.3 Å². The second-order valence-corrected chi connectivity index (χ2v) is 7.74. The van der Waals surface area contributed by atoms with Gasteiger partial charge in [0, 0.05) is 36.5 Å². The highest BCUT2D eigenvalue weighted by atomic mass is 32.1. The minimum Gasteiger partial charge on any atom is -0.465 e. The summed E-state index contributed by atoms with van der Waals surface area (Å²) < 4.78 is 28.2. The van der Waals surface area contributed by atoms with Crippen LogP contribution in [-0.2, 0) is 4.84 Å². The van der Waals surface area contributed by atoms with Gasteiger partial charge in [-0.1, -0.05) is 5.16 Å². The molecule has 1 unspecified atom stereocenters. The molecule has 2 aromatic rings. The largest absolute Gasteiger partial charge is 0.465 e. The Balaban J connectivity index is 1.44.